The van der Waals surface area contributed by atoms with Crippen molar-refractivity contribution in [2.24, 2.45) is 0 Å². The predicted molar refractivity (Wildman–Crippen MR) is 81.3 cm³/mol. The summed E-state index contributed by atoms with van der Waals surface area (Å²) in [5.74, 6) is 1.26. The molecule has 2 aromatic rings. The summed E-state index contributed by atoms with van der Waals surface area (Å²) in [5, 5.41) is 3.79. The van der Waals surface area contributed by atoms with Gasteiger partial charge in [0.1, 0.15) is 5.76 Å². The van der Waals surface area contributed by atoms with Crippen molar-refractivity contribution in [1.82, 2.24) is 5.16 Å². The molecule has 1 aliphatic carbocycles. The summed E-state index contributed by atoms with van der Waals surface area (Å²) in [4.78, 5) is 11.6. The van der Waals surface area contributed by atoms with Crippen LogP contribution >= 0.6 is 15.9 Å². The smallest absolute Gasteiger partial charge is 0.360 e. The van der Waals surface area contributed by atoms with Crippen molar-refractivity contribution in [3.05, 3.63) is 51.8 Å². The van der Waals surface area contributed by atoms with Gasteiger partial charge in [0.25, 0.3) is 0 Å². The molecule has 1 aromatic carbocycles. The van der Waals surface area contributed by atoms with Crippen LogP contribution in [0.25, 0.3) is 0 Å². The van der Waals surface area contributed by atoms with Crippen molar-refractivity contribution in [3.63, 3.8) is 0 Å². The molecule has 110 valence electrons. The Kier molecular flexibility index (Phi) is 4.10. The highest BCUT2D eigenvalue weighted by Gasteiger charge is 2.34. The van der Waals surface area contributed by atoms with E-state index < -0.39 is 5.97 Å². The van der Waals surface area contributed by atoms with Crippen LogP contribution in [0.1, 0.15) is 53.4 Å². The van der Waals surface area contributed by atoms with Gasteiger partial charge in [0, 0.05) is 16.5 Å². The van der Waals surface area contributed by atoms with E-state index in [1.54, 1.807) is 13.0 Å². The van der Waals surface area contributed by atoms with E-state index in [4.69, 9.17) is 9.26 Å². The fourth-order valence-corrected chi connectivity index (χ4v) is 2.90. The molecule has 5 heteroatoms. The number of hydrogen-bond acceptors (Lipinski definition) is 4. The number of esters is 1. The third kappa shape index (κ3) is 3.02. The van der Waals surface area contributed by atoms with Gasteiger partial charge in [-0.1, -0.05) is 33.2 Å². The van der Waals surface area contributed by atoms with E-state index in [2.05, 4.69) is 45.4 Å². The lowest BCUT2D eigenvalue weighted by atomic mass is 9.70. The van der Waals surface area contributed by atoms with Gasteiger partial charge in [-0.15, -0.1) is 0 Å². The minimum Gasteiger partial charge on any atom is -0.461 e. The Bertz CT molecular complexity index is 629. The molecule has 0 radical (unpaired) electrons. The van der Waals surface area contributed by atoms with Gasteiger partial charge in [-0.3, -0.25) is 0 Å². The number of carbonyl (C=O) groups excluding carboxylic acids is 1. The lowest BCUT2D eigenvalue weighted by Gasteiger charge is -2.33. The third-order valence-corrected chi connectivity index (χ3v) is 4.42. The second-order valence-corrected chi connectivity index (χ2v) is 6.17. The first-order valence-corrected chi connectivity index (χ1v) is 7.86. The number of ether oxygens (including phenoxy) is 1. The first-order valence-electron chi connectivity index (χ1n) is 7.06. The maximum absolute atomic E-state index is 11.6. The predicted octanol–water partition coefficient (Wildman–Crippen LogP) is 4.28. The monoisotopic (exact) mass is 349 g/mol. The molecule has 0 unspecified atom stereocenters. The molecule has 4 nitrogen and oxygen atoms in total. The van der Waals surface area contributed by atoms with Crippen LogP contribution in [0, 0.1) is 0 Å². The quantitative estimate of drug-likeness (QED) is 0.773. The molecule has 3 rings (SSSR count). The van der Waals surface area contributed by atoms with Gasteiger partial charge in [-0.2, -0.15) is 0 Å². The van der Waals surface area contributed by atoms with E-state index in [0.717, 1.165) is 23.1 Å². The molecule has 21 heavy (non-hydrogen) atoms. The average Bonchev–Trinajstić information content (AvgIpc) is 2.89. The molecule has 1 aromatic heterocycles. The molecule has 0 atom stereocenters. The van der Waals surface area contributed by atoms with Gasteiger partial charge in [-0.25, -0.2) is 4.79 Å². The van der Waals surface area contributed by atoms with Gasteiger partial charge in [0.05, 0.1) is 6.61 Å². The number of nitrogens with zero attached hydrogens (tertiary/aromatic N) is 1. The molecule has 0 bridgehead atoms. The minimum atomic E-state index is -0.420. The third-order valence-electron chi connectivity index (χ3n) is 3.89. The molecule has 0 saturated heterocycles. The second kappa shape index (κ2) is 6.02. The van der Waals surface area contributed by atoms with Crippen molar-refractivity contribution in [2.45, 2.75) is 31.6 Å². The normalized spacial score (nSPS) is 20.9. The van der Waals surface area contributed by atoms with Gasteiger partial charge in [0.2, 0.25) is 0 Å². The van der Waals surface area contributed by atoms with Crippen LogP contribution in [0.5, 0.6) is 0 Å². The molecule has 0 spiro atoms. The topological polar surface area (TPSA) is 52.3 Å². The van der Waals surface area contributed by atoms with E-state index in [-0.39, 0.29) is 5.69 Å². The fraction of sp³-hybridized carbons (Fsp3) is 0.375. The van der Waals surface area contributed by atoms with Crippen LogP contribution in [0.2, 0.25) is 0 Å². The summed E-state index contributed by atoms with van der Waals surface area (Å²) in [6.07, 6.45) is 2.05. The van der Waals surface area contributed by atoms with Crippen molar-refractivity contribution in [2.75, 3.05) is 6.61 Å². The van der Waals surface area contributed by atoms with E-state index in [1.165, 1.54) is 5.56 Å². The summed E-state index contributed by atoms with van der Waals surface area (Å²) in [6.45, 7) is 2.11. The summed E-state index contributed by atoms with van der Waals surface area (Å²) >= 11 is 3.45. The van der Waals surface area contributed by atoms with Gasteiger partial charge in [0.15, 0.2) is 5.69 Å². The largest absolute Gasteiger partial charge is 0.461 e. The Morgan fingerprint density at radius 3 is 2.71 bits per heavy atom. The maximum atomic E-state index is 11.6. The molecule has 0 amide bonds. The van der Waals surface area contributed by atoms with Crippen LogP contribution in [-0.4, -0.2) is 17.7 Å². The molecular weight excluding hydrogens is 334 g/mol. The molecule has 1 heterocycles. The number of aromatic nitrogens is 1. The van der Waals surface area contributed by atoms with Gasteiger partial charge >= 0.3 is 5.97 Å². The summed E-state index contributed by atoms with van der Waals surface area (Å²) < 4.78 is 11.3. The summed E-state index contributed by atoms with van der Waals surface area (Å²) in [7, 11) is 0. The highest BCUT2D eigenvalue weighted by atomic mass is 79.9. The molecule has 1 fully saturated rings. The summed E-state index contributed by atoms with van der Waals surface area (Å²) in [6, 6.07) is 10.1. The van der Waals surface area contributed by atoms with Crippen molar-refractivity contribution in [3.8, 4) is 0 Å². The number of rotatable bonds is 4. The van der Waals surface area contributed by atoms with E-state index in [1.807, 2.05) is 0 Å². The van der Waals surface area contributed by atoms with Crippen LogP contribution in [0.4, 0.5) is 0 Å². The Balaban J connectivity index is 1.61. The lowest BCUT2D eigenvalue weighted by Crippen LogP contribution is -2.19. The SMILES string of the molecule is CCOC(=O)c1cc(C2CC(c3ccc(Br)cc3)C2)on1. The van der Waals surface area contributed by atoms with E-state index in [9.17, 15) is 4.79 Å². The minimum absolute atomic E-state index is 0.263. The fourth-order valence-electron chi connectivity index (χ4n) is 2.64. The molecular formula is C16H16BrNO3. The molecule has 1 aliphatic rings. The molecule has 0 N–H and O–H groups in total. The standard InChI is InChI=1S/C16H16BrNO3/c1-2-20-16(19)14-9-15(21-18-14)12-7-11(8-12)10-3-5-13(17)6-4-10/h3-6,9,11-12H,2,7-8H2,1H3. The van der Waals surface area contributed by atoms with Crippen LogP contribution in [0.3, 0.4) is 0 Å². The van der Waals surface area contributed by atoms with Crippen molar-refractivity contribution < 1.29 is 14.1 Å². The highest BCUT2D eigenvalue weighted by Crippen LogP contribution is 2.47. The highest BCUT2D eigenvalue weighted by molar-refractivity contribution is 9.10. The van der Waals surface area contributed by atoms with Gasteiger partial charge < -0.3 is 9.26 Å². The van der Waals surface area contributed by atoms with Crippen LogP contribution < -0.4 is 0 Å². The zero-order valence-electron chi connectivity index (χ0n) is 11.7. The Morgan fingerprint density at radius 1 is 1.33 bits per heavy atom. The Morgan fingerprint density at radius 2 is 2.05 bits per heavy atom. The van der Waals surface area contributed by atoms with Crippen LogP contribution in [-0.2, 0) is 4.74 Å². The average molecular weight is 350 g/mol. The molecule has 0 aliphatic heterocycles. The van der Waals surface area contributed by atoms with Gasteiger partial charge in [-0.05, 0) is 43.4 Å². The van der Waals surface area contributed by atoms with E-state index in [0.29, 0.717) is 18.4 Å². The zero-order chi connectivity index (χ0) is 14.8. The number of hydrogen-bond donors (Lipinski definition) is 0. The van der Waals surface area contributed by atoms with Crippen LogP contribution in [0.15, 0.2) is 39.3 Å². The first-order chi connectivity index (χ1) is 10.2. The first kappa shape index (κ1) is 14.3. The number of benzene rings is 1. The van der Waals surface area contributed by atoms with Crippen molar-refractivity contribution >= 4 is 21.9 Å². The Labute approximate surface area is 131 Å². The lowest BCUT2D eigenvalue weighted by molar-refractivity contribution is 0.0514. The number of carbonyl (C=O) groups is 1. The number of halogens is 1. The van der Waals surface area contributed by atoms with E-state index >= 15 is 0 Å². The maximum Gasteiger partial charge on any atom is 0.360 e. The van der Waals surface area contributed by atoms with Crippen molar-refractivity contribution in [1.29, 1.82) is 0 Å². The summed E-state index contributed by atoms with van der Waals surface area (Å²) in [5.41, 5.74) is 1.61. The Hall–Kier alpha value is -1.62. The second-order valence-electron chi connectivity index (χ2n) is 5.25. The zero-order valence-corrected chi connectivity index (χ0v) is 13.3. The molecule has 1 saturated carbocycles.